The van der Waals surface area contributed by atoms with E-state index in [0.717, 1.165) is 42.9 Å². The van der Waals surface area contributed by atoms with E-state index in [4.69, 9.17) is 4.74 Å². The van der Waals surface area contributed by atoms with Crippen molar-refractivity contribution >= 4 is 17.6 Å². The molecule has 2 fully saturated rings. The quantitative estimate of drug-likeness (QED) is 0.924. The largest absolute Gasteiger partial charge is 0.492 e. The molecule has 5 rings (SSSR count). The van der Waals surface area contributed by atoms with Gasteiger partial charge in [-0.25, -0.2) is 9.98 Å². The number of rotatable bonds is 4. The molecule has 1 saturated heterocycles. The number of hydrogen-bond donors (Lipinski definition) is 1. The first-order valence-corrected chi connectivity index (χ1v) is 8.14. The number of nitrogens with one attached hydrogen (secondary N) is 1. The predicted molar refractivity (Wildman–Crippen MR) is 86.9 cm³/mol. The number of fused-ring (bicyclic) bond motifs is 3. The van der Waals surface area contributed by atoms with Crippen LogP contribution in [0.15, 0.2) is 41.9 Å². The third-order valence-electron chi connectivity index (χ3n) is 4.93. The second-order valence-corrected chi connectivity index (χ2v) is 6.45. The summed E-state index contributed by atoms with van der Waals surface area (Å²) >= 11 is 0. The smallest absolute Gasteiger partial charge is 0.252 e. The first kappa shape index (κ1) is 13.6. The maximum Gasteiger partial charge on any atom is 0.252 e. The fourth-order valence-electron chi connectivity index (χ4n) is 3.38. The van der Waals surface area contributed by atoms with E-state index < -0.39 is 0 Å². The second kappa shape index (κ2) is 4.83. The highest BCUT2D eigenvalue weighted by Gasteiger charge is 2.61. The highest BCUT2D eigenvalue weighted by molar-refractivity contribution is 6.11. The summed E-state index contributed by atoms with van der Waals surface area (Å²) in [6.45, 7) is 2.04. The van der Waals surface area contributed by atoms with Gasteiger partial charge in [-0.05, 0) is 24.5 Å². The third kappa shape index (κ3) is 2.01. The van der Waals surface area contributed by atoms with Crippen LogP contribution in [0.3, 0.4) is 0 Å². The van der Waals surface area contributed by atoms with Gasteiger partial charge in [0.1, 0.15) is 17.9 Å². The number of carbonyl (C=O) groups is 1. The van der Waals surface area contributed by atoms with E-state index in [9.17, 15) is 4.79 Å². The highest BCUT2D eigenvalue weighted by Crippen LogP contribution is 2.48. The van der Waals surface area contributed by atoms with Gasteiger partial charge in [0.15, 0.2) is 0 Å². The fourth-order valence-corrected chi connectivity index (χ4v) is 3.38. The van der Waals surface area contributed by atoms with Crippen LogP contribution in [0.4, 0.5) is 5.69 Å². The van der Waals surface area contributed by atoms with Gasteiger partial charge in [-0.2, -0.15) is 0 Å². The summed E-state index contributed by atoms with van der Waals surface area (Å²) in [6.07, 6.45) is 7.27. The number of carbonyl (C=O) groups excluding carboxylic acids is 1. The van der Waals surface area contributed by atoms with Gasteiger partial charge in [-0.3, -0.25) is 10.1 Å². The summed E-state index contributed by atoms with van der Waals surface area (Å²) in [5.41, 5.74) is 1.68. The highest BCUT2D eigenvalue weighted by atomic mass is 16.5. The van der Waals surface area contributed by atoms with Crippen molar-refractivity contribution < 1.29 is 9.53 Å². The lowest BCUT2D eigenvalue weighted by Gasteiger charge is -2.27. The molecule has 7 nitrogen and oxygen atoms in total. The molecule has 0 bridgehead atoms. The molecule has 0 atom stereocenters. The molecule has 1 aromatic heterocycles. The molecule has 1 spiro atoms. The number of ether oxygens (including phenoxy) is 1. The van der Waals surface area contributed by atoms with Crippen LogP contribution < -0.4 is 10.1 Å². The van der Waals surface area contributed by atoms with Crippen molar-refractivity contribution in [2.45, 2.75) is 31.5 Å². The number of nitrogens with zero attached hydrogens (tertiary/aromatic N) is 4. The third-order valence-corrected chi connectivity index (χ3v) is 4.93. The number of hydrogen-bond acceptors (Lipinski definition) is 5. The van der Waals surface area contributed by atoms with Crippen molar-refractivity contribution in [1.29, 1.82) is 0 Å². The molecule has 1 amide bonds. The Kier molecular flexibility index (Phi) is 2.74. The molecule has 2 aliphatic heterocycles. The van der Waals surface area contributed by atoms with Gasteiger partial charge in [-0.15, -0.1) is 0 Å². The van der Waals surface area contributed by atoms with Gasteiger partial charge in [0, 0.05) is 25.0 Å². The number of aliphatic imine (C=N–C) groups is 1. The molecule has 1 aromatic carbocycles. The topological polar surface area (TPSA) is 71.7 Å². The predicted octanol–water partition coefficient (Wildman–Crippen LogP) is 1.43. The minimum absolute atomic E-state index is 0.0888. The Balaban J connectivity index is 1.33. The van der Waals surface area contributed by atoms with Crippen LogP contribution in [0.25, 0.3) is 0 Å². The number of imidazole rings is 1. The Hall–Kier alpha value is -2.83. The van der Waals surface area contributed by atoms with Crippen molar-refractivity contribution in [3.8, 4) is 5.75 Å². The molecule has 2 aromatic rings. The van der Waals surface area contributed by atoms with E-state index in [1.165, 1.54) is 0 Å². The van der Waals surface area contributed by atoms with Crippen molar-refractivity contribution in [3.05, 3.63) is 42.5 Å². The Bertz CT molecular complexity index is 839. The van der Waals surface area contributed by atoms with Crippen LogP contribution >= 0.6 is 0 Å². The van der Waals surface area contributed by atoms with Crippen LogP contribution in [-0.4, -0.2) is 38.5 Å². The van der Waals surface area contributed by atoms with Crippen molar-refractivity contribution in [2.24, 2.45) is 4.99 Å². The summed E-state index contributed by atoms with van der Waals surface area (Å²) in [5.74, 6) is 1.56. The SMILES string of the molecule is O=C1NC2=Nc3cc(OCCn4ccnc4)ccc3CN2C12CC2. The van der Waals surface area contributed by atoms with Crippen LogP contribution in [0.1, 0.15) is 18.4 Å². The Morgan fingerprint density at radius 2 is 2.25 bits per heavy atom. The van der Waals surface area contributed by atoms with Crippen LogP contribution in [-0.2, 0) is 17.9 Å². The lowest BCUT2D eigenvalue weighted by molar-refractivity contribution is -0.122. The zero-order valence-electron chi connectivity index (χ0n) is 13.1. The second-order valence-electron chi connectivity index (χ2n) is 6.45. The minimum atomic E-state index is -0.323. The first-order chi connectivity index (χ1) is 11.7. The Morgan fingerprint density at radius 1 is 1.33 bits per heavy atom. The lowest BCUT2D eigenvalue weighted by atomic mass is 10.1. The number of guanidine groups is 1. The molecule has 1 saturated carbocycles. The van der Waals surface area contributed by atoms with E-state index in [2.05, 4.69) is 20.2 Å². The lowest BCUT2D eigenvalue weighted by Crippen LogP contribution is -2.38. The maximum atomic E-state index is 12.1. The Labute approximate surface area is 139 Å². The molecule has 0 radical (unpaired) electrons. The fraction of sp³-hybridized carbons (Fsp3) is 0.353. The van der Waals surface area contributed by atoms with E-state index in [0.29, 0.717) is 12.6 Å². The van der Waals surface area contributed by atoms with Gasteiger partial charge in [-0.1, -0.05) is 6.07 Å². The summed E-state index contributed by atoms with van der Waals surface area (Å²) in [4.78, 5) is 22.9. The maximum absolute atomic E-state index is 12.1. The summed E-state index contributed by atoms with van der Waals surface area (Å²) < 4.78 is 7.78. The van der Waals surface area contributed by atoms with Crippen molar-refractivity contribution in [2.75, 3.05) is 6.61 Å². The first-order valence-electron chi connectivity index (χ1n) is 8.14. The minimum Gasteiger partial charge on any atom is -0.492 e. The van der Waals surface area contributed by atoms with E-state index in [-0.39, 0.29) is 11.4 Å². The monoisotopic (exact) mass is 323 g/mol. The molecular formula is C17H17N5O2. The summed E-state index contributed by atoms with van der Waals surface area (Å²) in [7, 11) is 0. The molecule has 3 aliphatic rings. The van der Waals surface area contributed by atoms with Gasteiger partial charge >= 0.3 is 0 Å². The Morgan fingerprint density at radius 3 is 3.04 bits per heavy atom. The number of aromatic nitrogens is 2. The average molecular weight is 323 g/mol. The summed E-state index contributed by atoms with van der Waals surface area (Å²) in [5, 5.41) is 2.92. The molecule has 122 valence electrons. The zero-order chi connectivity index (χ0) is 16.1. The van der Waals surface area contributed by atoms with E-state index in [1.807, 2.05) is 29.0 Å². The molecule has 3 heterocycles. The molecule has 24 heavy (non-hydrogen) atoms. The number of benzene rings is 1. The van der Waals surface area contributed by atoms with Crippen LogP contribution in [0.2, 0.25) is 0 Å². The van der Waals surface area contributed by atoms with E-state index >= 15 is 0 Å². The molecular weight excluding hydrogens is 306 g/mol. The van der Waals surface area contributed by atoms with Gasteiger partial charge in [0.25, 0.3) is 5.91 Å². The normalized spacial score (nSPS) is 19.6. The van der Waals surface area contributed by atoms with Crippen molar-refractivity contribution in [3.63, 3.8) is 0 Å². The van der Waals surface area contributed by atoms with Gasteiger partial charge in [0.2, 0.25) is 5.96 Å². The van der Waals surface area contributed by atoms with Crippen LogP contribution in [0.5, 0.6) is 5.75 Å². The van der Waals surface area contributed by atoms with E-state index in [1.54, 1.807) is 12.5 Å². The van der Waals surface area contributed by atoms with Gasteiger partial charge < -0.3 is 14.2 Å². The van der Waals surface area contributed by atoms with Gasteiger partial charge in [0.05, 0.1) is 18.6 Å². The standard InChI is InChI=1S/C17H17N5O2/c23-15-17(3-4-17)22-10-12-1-2-13(9-14(12)19-16(22)20-15)24-8-7-21-6-5-18-11-21/h1-2,5-6,9,11H,3-4,7-8,10H2,(H,19,20,23). The zero-order valence-corrected chi connectivity index (χ0v) is 13.1. The van der Waals surface area contributed by atoms with Crippen LogP contribution in [0, 0.1) is 0 Å². The number of amides is 1. The average Bonchev–Trinajstić information content (AvgIpc) is 3.15. The molecule has 0 unspecified atom stereocenters. The molecule has 1 aliphatic carbocycles. The molecule has 7 heteroatoms. The summed E-state index contributed by atoms with van der Waals surface area (Å²) in [6, 6.07) is 5.96. The van der Waals surface area contributed by atoms with Crippen molar-refractivity contribution in [1.82, 2.24) is 19.8 Å². The molecule has 1 N–H and O–H groups in total.